The van der Waals surface area contributed by atoms with Crippen molar-refractivity contribution in [2.24, 2.45) is 0 Å². The van der Waals surface area contributed by atoms with Gasteiger partial charge in [0.05, 0.1) is 7.11 Å². The van der Waals surface area contributed by atoms with Gasteiger partial charge < -0.3 is 9.47 Å². The molecule has 2 aromatic rings. The lowest BCUT2D eigenvalue weighted by atomic mass is 9.87. The zero-order valence-corrected chi connectivity index (χ0v) is 15.9. The Morgan fingerprint density at radius 2 is 1.48 bits per heavy atom. The van der Waals surface area contributed by atoms with Gasteiger partial charge in [-0.1, -0.05) is 32.9 Å². The third-order valence-electron chi connectivity index (χ3n) is 3.70. The maximum absolute atomic E-state index is 12.2. The van der Waals surface area contributed by atoms with Crippen molar-refractivity contribution in [2.75, 3.05) is 24.2 Å². The molecule has 0 atom stereocenters. The van der Waals surface area contributed by atoms with Crippen LogP contribution in [0, 0.1) is 0 Å². The summed E-state index contributed by atoms with van der Waals surface area (Å²) >= 11 is 0. The van der Waals surface area contributed by atoms with E-state index < -0.39 is 10.0 Å². The molecule has 0 aliphatic carbocycles. The number of anilines is 1. The summed E-state index contributed by atoms with van der Waals surface area (Å²) in [6, 6.07) is 14.4. The molecule has 6 heteroatoms. The molecule has 1 N–H and O–H groups in total. The fourth-order valence-electron chi connectivity index (χ4n) is 2.21. The molecule has 2 aromatic carbocycles. The van der Waals surface area contributed by atoms with Gasteiger partial charge in [0.2, 0.25) is 10.0 Å². The Morgan fingerprint density at radius 3 is 2.00 bits per heavy atom. The third kappa shape index (κ3) is 5.98. The molecule has 0 aromatic heterocycles. The van der Waals surface area contributed by atoms with Crippen LogP contribution in [0.5, 0.6) is 11.5 Å². The van der Waals surface area contributed by atoms with Gasteiger partial charge in [-0.15, -0.1) is 0 Å². The molecule has 0 aliphatic rings. The highest BCUT2D eigenvalue weighted by Crippen LogP contribution is 2.24. The molecule has 0 spiro atoms. The first-order valence-electron chi connectivity index (χ1n) is 8.07. The highest BCUT2D eigenvalue weighted by Gasteiger charge is 2.15. The number of nitrogens with one attached hydrogen (secondary N) is 1. The lowest BCUT2D eigenvalue weighted by Gasteiger charge is -2.19. The fraction of sp³-hybridized carbons (Fsp3) is 0.368. The first-order chi connectivity index (χ1) is 11.7. The van der Waals surface area contributed by atoms with Crippen LogP contribution in [0.2, 0.25) is 0 Å². The van der Waals surface area contributed by atoms with Gasteiger partial charge in [0, 0.05) is 5.69 Å². The predicted molar refractivity (Wildman–Crippen MR) is 101 cm³/mol. The quantitative estimate of drug-likeness (QED) is 0.812. The van der Waals surface area contributed by atoms with Crippen LogP contribution in [0.1, 0.15) is 26.3 Å². The predicted octanol–water partition coefficient (Wildman–Crippen LogP) is 3.81. The Hall–Kier alpha value is -2.21. The summed E-state index contributed by atoms with van der Waals surface area (Å²) in [6.45, 7) is 6.41. The summed E-state index contributed by atoms with van der Waals surface area (Å²) in [5.41, 5.74) is 1.74. The summed E-state index contributed by atoms with van der Waals surface area (Å²) in [5.74, 6) is 1.20. The second-order valence-corrected chi connectivity index (χ2v) is 8.61. The lowest BCUT2D eigenvalue weighted by Crippen LogP contribution is -2.21. The van der Waals surface area contributed by atoms with Crippen molar-refractivity contribution >= 4 is 15.7 Å². The molecule has 0 saturated heterocycles. The summed E-state index contributed by atoms with van der Waals surface area (Å²) in [5, 5.41) is 0. The topological polar surface area (TPSA) is 64.6 Å². The highest BCUT2D eigenvalue weighted by molar-refractivity contribution is 7.92. The SMILES string of the molecule is COc1ccc(OCCS(=O)(=O)Nc2ccc(C(C)(C)C)cc2)cc1. The van der Waals surface area contributed by atoms with Gasteiger partial charge in [-0.05, 0) is 47.4 Å². The van der Waals surface area contributed by atoms with E-state index in [0.717, 1.165) is 11.3 Å². The van der Waals surface area contributed by atoms with Gasteiger partial charge in [-0.25, -0.2) is 8.42 Å². The molecule has 0 radical (unpaired) electrons. The van der Waals surface area contributed by atoms with Gasteiger partial charge in [-0.3, -0.25) is 4.72 Å². The zero-order valence-electron chi connectivity index (χ0n) is 15.1. The number of ether oxygens (including phenoxy) is 2. The normalized spacial score (nSPS) is 11.8. The van der Waals surface area contributed by atoms with Crippen LogP contribution >= 0.6 is 0 Å². The molecule has 0 saturated carbocycles. The van der Waals surface area contributed by atoms with Crippen LogP contribution < -0.4 is 14.2 Å². The van der Waals surface area contributed by atoms with Crippen LogP contribution in [0.15, 0.2) is 48.5 Å². The van der Waals surface area contributed by atoms with Crippen molar-refractivity contribution in [3.8, 4) is 11.5 Å². The first kappa shape index (κ1) is 19.1. The molecule has 5 nitrogen and oxygen atoms in total. The summed E-state index contributed by atoms with van der Waals surface area (Å²) in [4.78, 5) is 0. The monoisotopic (exact) mass is 363 g/mol. The number of hydrogen-bond donors (Lipinski definition) is 1. The Labute approximate surface area is 150 Å². The Balaban J connectivity index is 1.88. The molecule has 2 rings (SSSR count). The minimum atomic E-state index is -3.47. The average molecular weight is 363 g/mol. The standard InChI is InChI=1S/C19H25NO4S/c1-19(2,3)15-5-7-16(8-6-15)20-25(21,22)14-13-24-18-11-9-17(23-4)10-12-18/h5-12,20H,13-14H2,1-4H3. The second kappa shape index (κ2) is 7.78. The van der Waals surface area contributed by atoms with Crippen LogP contribution in [0.3, 0.4) is 0 Å². The molecule has 0 unspecified atom stereocenters. The number of methoxy groups -OCH3 is 1. The van der Waals surface area contributed by atoms with Gasteiger partial charge in [0.25, 0.3) is 0 Å². The summed E-state index contributed by atoms with van der Waals surface area (Å²) in [7, 11) is -1.88. The van der Waals surface area contributed by atoms with Gasteiger partial charge >= 0.3 is 0 Å². The largest absolute Gasteiger partial charge is 0.497 e. The maximum Gasteiger partial charge on any atom is 0.236 e. The molecule has 136 valence electrons. The second-order valence-electron chi connectivity index (χ2n) is 6.77. The summed E-state index contributed by atoms with van der Waals surface area (Å²) in [6.07, 6.45) is 0. The van der Waals surface area contributed by atoms with Crippen molar-refractivity contribution < 1.29 is 17.9 Å². The Kier molecular flexibility index (Phi) is 5.95. The minimum absolute atomic E-state index is 0.0314. The summed E-state index contributed by atoms with van der Waals surface area (Å²) < 4.78 is 37.4. The van der Waals surface area contributed by atoms with Crippen molar-refractivity contribution in [1.82, 2.24) is 0 Å². The van der Waals surface area contributed by atoms with Crippen LogP contribution in [-0.4, -0.2) is 27.9 Å². The van der Waals surface area contributed by atoms with E-state index in [1.54, 1.807) is 43.5 Å². The molecule has 0 bridgehead atoms. The highest BCUT2D eigenvalue weighted by atomic mass is 32.2. The van der Waals surface area contributed by atoms with Crippen molar-refractivity contribution in [1.29, 1.82) is 0 Å². The van der Waals surface area contributed by atoms with E-state index in [-0.39, 0.29) is 17.8 Å². The smallest absolute Gasteiger partial charge is 0.236 e. The van der Waals surface area contributed by atoms with E-state index in [1.807, 2.05) is 12.1 Å². The van der Waals surface area contributed by atoms with Crippen molar-refractivity contribution in [2.45, 2.75) is 26.2 Å². The Bertz CT molecular complexity index is 776. The molecule has 0 fully saturated rings. The van der Waals surface area contributed by atoms with Crippen LogP contribution in [0.25, 0.3) is 0 Å². The number of sulfonamides is 1. The van der Waals surface area contributed by atoms with Crippen LogP contribution in [0.4, 0.5) is 5.69 Å². The first-order valence-corrected chi connectivity index (χ1v) is 9.73. The molecular formula is C19H25NO4S. The molecular weight excluding hydrogens is 338 g/mol. The number of benzene rings is 2. The fourth-order valence-corrected chi connectivity index (χ4v) is 3.11. The van der Waals surface area contributed by atoms with Crippen molar-refractivity contribution in [3.05, 3.63) is 54.1 Å². The zero-order chi connectivity index (χ0) is 18.5. The van der Waals surface area contributed by atoms with E-state index in [4.69, 9.17) is 9.47 Å². The maximum atomic E-state index is 12.2. The molecule has 0 amide bonds. The lowest BCUT2D eigenvalue weighted by molar-refractivity contribution is 0.340. The van der Waals surface area contributed by atoms with Gasteiger partial charge in [0.15, 0.2) is 0 Å². The van der Waals surface area contributed by atoms with E-state index in [0.29, 0.717) is 11.4 Å². The van der Waals surface area contributed by atoms with E-state index in [1.165, 1.54) is 0 Å². The number of hydrogen-bond acceptors (Lipinski definition) is 4. The molecule has 0 aliphatic heterocycles. The van der Waals surface area contributed by atoms with Crippen LogP contribution in [-0.2, 0) is 15.4 Å². The third-order valence-corrected chi connectivity index (χ3v) is 4.96. The molecule has 0 heterocycles. The van der Waals surface area contributed by atoms with E-state index in [2.05, 4.69) is 25.5 Å². The van der Waals surface area contributed by atoms with E-state index in [9.17, 15) is 8.42 Å². The molecule has 25 heavy (non-hydrogen) atoms. The Morgan fingerprint density at radius 1 is 0.920 bits per heavy atom. The van der Waals surface area contributed by atoms with E-state index >= 15 is 0 Å². The van der Waals surface area contributed by atoms with Crippen molar-refractivity contribution in [3.63, 3.8) is 0 Å². The van der Waals surface area contributed by atoms with Gasteiger partial charge in [-0.2, -0.15) is 0 Å². The van der Waals surface area contributed by atoms with Gasteiger partial charge in [0.1, 0.15) is 23.9 Å². The minimum Gasteiger partial charge on any atom is -0.497 e. The average Bonchev–Trinajstić information content (AvgIpc) is 2.54. The number of rotatable bonds is 7.